The Kier molecular flexibility index (Phi) is 2.51. The zero-order valence-electron chi connectivity index (χ0n) is 9.19. The van der Waals surface area contributed by atoms with E-state index in [1.165, 1.54) is 0 Å². The molecule has 2 bridgehead atoms. The van der Waals surface area contributed by atoms with Crippen LogP contribution in [0.3, 0.4) is 0 Å². The smallest absolute Gasteiger partial charge is 0.125 e. The van der Waals surface area contributed by atoms with Crippen molar-refractivity contribution in [3.63, 3.8) is 0 Å². The number of piperidine rings is 1. The van der Waals surface area contributed by atoms with E-state index < -0.39 is 5.60 Å². The van der Waals surface area contributed by atoms with Gasteiger partial charge >= 0.3 is 0 Å². The Morgan fingerprint density at radius 2 is 2.12 bits per heavy atom. The number of fused-ring (bicyclic) bond motifs is 2. The van der Waals surface area contributed by atoms with Crippen LogP contribution in [0.4, 0.5) is 0 Å². The number of aryl methyl sites for hydroxylation is 1. The summed E-state index contributed by atoms with van der Waals surface area (Å²) in [5.41, 5.74) is 0.255. The summed E-state index contributed by atoms with van der Waals surface area (Å²) in [7, 11) is 0. The molecule has 0 spiro atoms. The second-order valence-electron chi connectivity index (χ2n) is 4.96. The van der Waals surface area contributed by atoms with E-state index in [9.17, 15) is 5.11 Å². The number of aromatic nitrogens is 1. The normalized spacial score (nSPS) is 39.2. The van der Waals surface area contributed by atoms with Crippen LogP contribution in [-0.2, 0) is 5.60 Å². The third kappa shape index (κ3) is 1.59. The highest BCUT2D eigenvalue weighted by Gasteiger charge is 2.49. The van der Waals surface area contributed by atoms with Crippen LogP contribution in [0.5, 0.6) is 0 Å². The zero-order valence-corrected chi connectivity index (χ0v) is 10.8. The van der Waals surface area contributed by atoms with Crippen molar-refractivity contribution >= 4 is 23.1 Å². The molecule has 2 saturated heterocycles. The van der Waals surface area contributed by atoms with Gasteiger partial charge in [0.1, 0.15) is 10.6 Å². The highest BCUT2D eigenvalue weighted by molar-refractivity contribution is 7.09. The van der Waals surface area contributed by atoms with Gasteiger partial charge < -0.3 is 5.11 Å². The second-order valence-corrected chi connectivity index (χ2v) is 6.21. The van der Waals surface area contributed by atoms with E-state index in [0.717, 1.165) is 36.4 Å². The molecule has 1 N–H and O–H groups in total. The van der Waals surface area contributed by atoms with Crippen LogP contribution in [0.1, 0.15) is 36.4 Å². The van der Waals surface area contributed by atoms with Crippen LogP contribution in [0, 0.1) is 6.92 Å². The lowest BCUT2D eigenvalue weighted by Gasteiger charge is -2.39. The number of thiazole rings is 1. The monoisotopic (exact) mass is 258 g/mol. The Labute approximate surface area is 104 Å². The molecular formula is C11H15ClN2OS. The molecule has 5 heteroatoms. The molecule has 0 aromatic carbocycles. The second kappa shape index (κ2) is 3.67. The first kappa shape index (κ1) is 11.0. The van der Waals surface area contributed by atoms with Gasteiger partial charge in [0.2, 0.25) is 0 Å². The topological polar surface area (TPSA) is 36.4 Å². The third-order valence-electron chi connectivity index (χ3n) is 3.69. The number of aliphatic hydroxyl groups is 1. The number of nitrogens with zero attached hydrogens (tertiary/aromatic N) is 2. The van der Waals surface area contributed by atoms with Gasteiger partial charge in [0.15, 0.2) is 0 Å². The van der Waals surface area contributed by atoms with Gasteiger partial charge in [-0.15, -0.1) is 11.3 Å². The zero-order chi connectivity index (χ0) is 11.3. The van der Waals surface area contributed by atoms with E-state index in [-0.39, 0.29) is 0 Å². The molecule has 3 rings (SSSR count). The first-order valence-corrected chi connectivity index (χ1v) is 6.89. The van der Waals surface area contributed by atoms with Gasteiger partial charge in [-0.2, -0.15) is 0 Å². The first-order chi connectivity index (χ1) is 7.58. The van der Waals surface area contributed by atoms with Crippen LogP contribution in [0.25, 0.3) is 0 Å². The van der Waals surface area contributed by atoms with Crippen molar-refractivity contribution in [2.24, 2.45) is 0 Å². The summed E-state index contributed by atoms with van der Waals surface area (Å²) in [4.78, 5) is 4.43. The molecule has 0 amide bonds. The summed E-state index contributed by atoms with van der Waals surface area (Å²) in [5.74, 6) is 0. The van der Waals surface area contributed by atoms with Crippen molar-refractivity contribution in [1.29, 1.82) is 0 Å². The first-order valence-electron chi connectivity index (χ1n) is 5.67. The van der Waals surface area contributed by atoms with Crippen molar-refractivity contribution in [2.75, 3.05) is 0 Å². The lowest BCUT2D eigenvalue weighted by Crippen LogP contribution is -2.45. The average molecular weight is 259 g/mol. The summed E-state index contributed by atoms with van der Waals surface area (Å²) in [6, 6.07) is 0.629. The van der Waals surface area contributed by atoms with Gasteiger partial charge in [-0.05, 0) is 44.4 Å². The van der Waals surface area contributed by atoms with Crippen LogP contribution in [0.2, 0.25) is 0 Å². The number of hydrogen-bond donors (Lipinski definition) is 1. The molecule has 2 aliphatic heterocycles. The lowest BCUT2D eigenvalue weighted by molar-refractivity contribution is -0.0340. The number of hydrogen-bond acceptors (Lipinski definition) is 4. The molecule has 1 aromatic rings. The number of halogens is 1. The van der Waals surface area contributed by atoms with E-state index in [1.807, 2.05) is 16.7 Å². The minimum Gasteiger partial charge on any atom is -0.383 e. The molecule has 3 nitrogen and oxygen atoms in total. The molecule has 16 heavy (non-hydrogen) atoms. The van der Waals surface area contributed by atoms with Gasteiger partial charge in [-0.3, -0.25) is 0 Å². The molecule has 0 saturated carbocycles. The van der Waals surface area contributed by atoms with Crippen LogP contribution in [0.15, 0.2) is 5.38 Å². The summed E-state index contributed by atoms with van der Waals surface area (Å²) in [6.07, 6.45) is 3.64. The average Bonchev–Trinajstić information content (AvgIpc) is 2.73. The molecule has 2 aliphatic rings. The van der Waals surface area contributed by atoms with Gasteiger partial charge in [0.05, 0.1) is 0 Å². The van der Waals surface area contributed by atoms with Gasteiger partial charge in [-0.1, -0.05) is 0 Å². The molecule has 2 atom stereocenters. The van der Waals surface area contributed by atoms with Crippen molar-refractivity contribution in [3.05, 3.63) is 16.1 Å². The molecule has 88 valence electrons. The minimum absolute atomic E-state index is 0.314. The Hall–Kier alpha value is -0.160. The predicted molar refractivity (Wildman–Crippen MR) is 64.5 cm³/mol. The van der Waals surface area contributed by atoms with Gasteiger partial charge in [0, 0.05) is 23.2 Å². The Morgan fingerprint density at radius 1 is 1.50 bits per heavy atom. The fourth-order valence-electron chi connectivity index (χ4n) is 2.91. The summed E-state index contributed by atoms with van der Waals surface area (Å²) in [5, 5.41) is 13.6. The Bertz CT molecular complexity index is 394. The van der Waals surface area contributed by atoms with Crippen LogP contribution in [-0.4, -0.2) is 26.6 Å². The maximum Gasteiger partial charge on any atom is 0.125 e. The standard InChI is InChI=1S/C11H15ClN2OS/c1-7-6-16-10(13-7)11(15)4-8-2-3-9(5-11)14(8)12/h6,8-9,15H,2-5H2,1H3. The highest BCUT2D eigenvalue weighted by atomic mass is 35.5. The molecule has 2 fully saturated rings. The fourth-order valence-corrected chi connectivity index (χ4v) is 4.16. The SMILES string of the molecule is Cc1csc(C2(O)CC3CCC(C2)N3Cl)n1. The van der Waals surface area contributed by atoms with Crippen molar-refractivity contribution < 1.29 is 5.11 Å². The molecule has 2 unspecified atom stereocenters. The Morgan fingerprint density at radius 3 is 2.62 bits per heavy atom. The molecule has 3 heterocycles. The number of rotatable bonds is 1. The minimum atomic E-state index is -0.740. The van der Waals surface area contributed by atoms with E-state index in [0.29, 0.717) is 12.1 Å². The summed E-state index contributed by atoms with van der Waals surface area (Å²) in [6.45, 7) is 1.97. The highest BCUT2D eigenvalue weighted by Crippen LogP contribution is 2.47. The van der Waals surface area contributed by atoms with Crippen LogP contribution < -0.4 is 0 Å². The largest absolute Gasteiger partial charge is 0.383 e. The quantitative estimate of drug-likeness (QED) is 0.786. The van der Waals surface area contributed by atoms with E-state index in [1.54, 1.807) is 11.3 Å². The summed E-state index contributed by atoms with van der Waals surface area (Å²) >= 11 is 7.77. The van der Waals surface area contributed by atoms with E-state index in [4.69, 9.17) is 11.8 Å². The summed E-state index contributed by atoms with van der Waals surface area (Å²) < 4.78 is 1.91. The molecular weight excluding hydrogens is 244 g/mol. The van der Waals surface area contributed by atoms with Gasteiger partial charge in [0.25, 0.3) is 0 Å². The van der Waals surface area contributed by atoms with E-state index in [2.05, 4.69) is 4.98 Å². The third-order valence-corrected chi connectivity index (χ3v) is 5.40. The lowest BCUT2D eigenvalue weighted by atomic mass is 9.88. The predicted octanol–water partition coefficient (Wildman–Crippen LogP) is 2.42. The van der Waals surface area contributed by atoms with Gasteiger partial charge in [-0.25, -0.2) is 9.40 Å². The van der Waals surface area contributed by atoms with E-state index >= 15 is 0 Å². The van der Waals surface area contributed by atoms with Crippen molar-refractivity contribution in [3.8, 4) is 0 Å². The molecule has 1 aromatic heterocycles. The van der Waals surface area contributed by atoms with Crippen molar-refractivity contribution in [1.82, 2.24) is 9.40 Å². The van der Waals surface area contributed by atoms with Crippen molar-refractivity contribution in [2.45, 2.75) is 50.3 Å². The maximum atomic E-state index is 10.7. The fraction of sp³-hybridized carbons (Fsp3) is 0.727. The molecule has 0 radical (unpaired) electrons. The van der Waals surface area contributed by atoms with Crippen LogP contribution >= 0.6 is 23.1 Å². The maximum absolute atomic E-state index is 10.7. The Balaban J connectivity index is 1.90. The molecule has 0 aliphatic carbocycles.